The Morgan fingerprint density at radius 2 is 1.96 bits per heavy atom. The zero-order valence-electron chi connectivity index (χ0n) is 12.6. The lowest BCUT2D eigenvalue weighted by Crippen LogP contribution is -2.49. The number of piperazine rings is 1. The third-order valence-electron chi connectivity index (χ3n) is 3.83. The van der Waals surface area contributed by atoms with Gasteiger partial charge in [-0.25, -0.2) is 4.98 Å². The zero-order valence-corrected chi connectivity index (χ0v) is 13.4. The lowest BCUT2D eigenvalue weighted by atomic mass is 10.2. The fourth-order valence-corrected chi connectivity index (χ4v) is 2.88. The van der Waals surface area contributed by atoms with E-state index in [4.69, 9.17) is 11.6 Å². The number of halogens is 1. The van der Waals surface area contributed by atoms with Crippen LogP contribution in [0.15, 0.2) is 36.8 Å². The number of nitrogens with zero attached hydrogens (tertiary/aromatic N) is 5. The number of rotatable bonds is 3. The largest absolute Gasteiger partial charge is 0.367 e. The summed E-state index contributed by atoms with van der Waals surface area (Å²) in [5.41, 5.74) is 1.01. The average Bonchev–Trinajstić information content (AvgIpc) is 2.62. The number of amides is 1. The number of nitro benzene ring substituents is 1. The number of aromatic nitrogens is 2. The van der Waals surface area contributed by atoms with Crippen molar-refractivity contribution >= 4 is 28.9 Å². The van der Waals surface area contributed by atoms with Gasteiger partial charge in [-0.3, -0.25) is 19.9 Å². The van der Waals surface area contributed by atoms with E-state index in [1.807, 2.05) is 4.90 Å². The molecule has 2 aromatic rings. The Labute approximate surface area is 142 Å². The molecule has 1 aliphatic heterocycles. The number of hydrogen-bond acceptors (Lipinski definition) is 6. The fourth-order valence-electron chi connectivity index (χ4n) is 2.59. The second kappa shape index (κ2) is 6.79. The van der Waals surface area contributed by atoms with Crippen LogP contribution in [0.1, 0.15) is 10.5 Å². The first kappa shape index (κ1) is 16.1. The molecular formula is C15H14ClN5O3. The molecule has 1 aromatic heterocycles. The van der Waals surface area contributed by atoms with Crippen LogP contribution in [0.2, 0.25) is 5.02 Å². The number of benzene rings is 1. The molecule has 0 unspecified atom stereocenters. The molecule has 0 saturated carbocycles. The van der Waals surface area contributed by atoms with Gasteiger partial charge in [-0.15, -0.1) is 0 Å². The van der Waals surface area contributed by atoms with Crippen LogP contribution in [0.3, 0.4) is 0 Å². The third kappa shape index (κ3) is 3.28. The van der Waals surface area contributed by atoms with Crippen molar-refractivity contribution in [1.82, 2.24) is 14.9 Å². The molecule has 0 bridgehead atoms. The molecule has 0 N–H and O–H groups in total. The average molecular weight is 348 g/mol. The summed E-state index contributed by atoms with van der Waals surface area (Å²) in [4.78, 5) is 34.3. The molecule has 9 heteroatoms. The molecule has 24 heavy (non-hydrogen) atoms. The van der Waals surface area contributed by atoms with Gasteiger partial charge in [0.1, 0.15) is 5.69 Å². The molecule has 124 valence electrons. The summed E-state index contributed by atoms with van der Waals surface area (Å²) in [5.74, 6) is -0.155. The summed E-state index contributed by atoms with van der Waals surface area (Å²) in [7, 11) is 0. The fraction of sp³-hybridized carbons (Fsp3) is 0.267. The molecule has 3 rings (SSSR count). The Kier molecular flexibility index (Phi) is 4.57. The van der Waals surface area contributed by atoms with E-state index in [0.717, 1.165) is 5.69 Å². The quantitative estimate of drug-likeness (QED) is 0.622. The smallest absolute Gasteiger partial charge is 0.274 e. The van der Waals surface area contributed by atoms with Crippen molar-refractivity contribution in [2.75, 3.05) is 31.1 Å². The van der Waals surface area contributed by atoms with Gasteiger partial charge in [0.05, 0.1) is 21.8 Å². The lowest BCUT2D eigenvalue weighted by molar-refractivity contribution is -0.384. The van der Waals surface area contributed by atoms with Crippen molar-refractivity contribution in [3.8, 4) is 0 Å². The third-order valence-corrected chi connectivity index (χ3v) is 4.13. The van der Waals surface area contributed by atoms with Crippen molar-refractivity contribution in [3.63, 3.8) is 0 Å². The Balaban J connectivity index is 1.67. The molecule has 1 aliphatic rings. The zero-order chi connectivity index (χ0) is 17.1. The second-order valence-electron chi connectivity index (χ2n) is 5.26. The Morgan fingerprint density at radius 1 is 1.21 bits per heavy atom. The maximum Gasteiger partial charge on any atom is 0.274 e. The van der Waals surface area contributed by atoms with Gasteiger partial charge in [0.2, 0.25) is 0 Å². The predicted molar refractivity (Wildman–Crippen MR) is 88.3 cm³/mol. The highest BCUT2D eigenvalue weighted by Gasteiger charge is 2.24. The van der Waals surface area contributed by atoms with E-state index in [0.29, 0.717) is 36.9 Å². The summed E-state index contributed by atoms with van der Waals surface area (Å²) in [5, 5.41) is 11.1. The number of hydrogen-bond donors (Lipinski definition) is 0. The van der Waals surface area contributed by atoms with Gasteiger partial charge in [0.25, 0.3) is 11.6 Å². The molecule has 0 radical (unpaired) electrons. The number of carbonyl (C=O) groups is 1. The van der Waals surface area contributed by atoms with Gasteiger partial charge >= 0.3 is 0 Å². The van der Waals surface area contributed by atoms with Crippen molar-refractivity contribution < 1.29 is 9.72 Å². The highest BCUT2D eigenvalue weighted by molar-refractivity contribution is 6.33. The van der Waals surface area contributed by atoms with Gasteiger partial charge in [-0.05, 0) is 6.07 Å². The normalized spacial score (nSPS) is 14.5. The number of nitro groups is 1. The lowest BCUT2D eigenvalue weighted by Gasteiger charge is -2.36. The SMILES string of the molecule is O=C(c1cnccn1)N1CCN(c2ccc([N+](=O)[O-])cc2Cl)CC1. The minimum absolute atomic E-state index is 0.0415. The number of non-ortho nitro benzene ring substituents is 1. The first-order valence-corrected chi connectivity index (χ1v) is 7.68. The van der Waals surface area contributed by atoms with Gasteiger partial charge < -0.3 is 9.80 Å². The van der Waals surface area contributed by atoms with E-state index in [1.54, 1.807) is 11.0 Å². The van der Waals surface area contributed by atoms with Crippen molar-refractivity contribution in [3.05, 3.63) is 57.6 Å². The van der Waals surface area contributed by atoms with Crippen molar-refractivity contribution in [1.29, 1.82) is 0 Å². The molecular weight excluding hydrogens is 334 g/mol. The maximum atomic E-state index is 12.3. The topological polar surface area (TPSA) is 92.5 Å². The first-order chi connectivity index (χ1) is 11.6. The minimum Gasteiger partial charge on any atom is -0.367 e. The van der Waals surface area contributed by atoms with Crippen molar-refractivity contribution in [2.45, 2.75) is 0 Å². The Bertz CT molecular complexity index is 763. The van der Waals surface area contributed by atoms with Crippen molar-refractivity contribution in [2.24, 2.45) is 0 Å². The van der Waals surface area contributed by atoms with Crippen LogP contribution in [0.4, 0.5) is 11.4 Å². The van der Waals surface area contributed by atoms with Crippen LogP contribution in [0.5, 0.6) is 0 Å². The molecule has 0 spiro atoms. The number of anilines is 1. The van der Waals surface area contributed by atoms with Crippen LogP contribution < -0.4 is 4.90 Å². The van der Waals surface area contributed by atoms with E-state index < -0.39 is 4.92 Å². The summed E-state index contributed by atoms with van der Waals surface area (Å²) in [6.45, 7) is 2.21. The second-order valence-corrected chi connectivity index (χ2v) is 5.67. The molecule has 0 atom stereocenters. The van der Waals surface area contributed by atoms with Crippen LogP contribution in [0, 0.1) is 10.1 Å². The van der Waals surface area contributed by atoms with E-state index in [-0.39, 0.29) is 11.6 Å². The standard InChI is InChI=1S/C15H14ClN5O3/c16-12-9-11(21(23)24)1-2-14(12)19-5-7-20(8-6-19)15(22)13-10-17-3-4-18-13/h1-4,9-10H,5-8H2. The van der Waals surface area contributed by atoms with E-state index in [9.17, 15) is 14.9 Å². The van der Waals surface area contributed by atoms with Gasteiger partial charge in [-0.1, -0.05) is 11.6 Å². The Morgan fingerprint density at radius 3 is 2.54 bits per heavy atom. The van der Waals surface area contributed by atoms with E-state index in [2.05, 4.69) is 9.97 Å². The molecule has 0 aliphatic carbocycles. The van der Waals surface area contributed by atoms with Crippen LogP contribution in [-0.4, -0.2) is 51.9 Å². The molecule has 2 heterocycles. The van der Waals surface area contributed by atoms with Gasteiger partial charge in [0.15, 0.2) is 0 Å². The number of carbonyl (C=O) groups excluding carboxylic acids is 1. The first-order valence-electron chi connectivity index (χ1n) is 7.30. The summed E-state index contributed by atoms with van der Waals surface area (Å²) >= 11 is 6.16. The monoisotopic (exact) mass is 347 g/mol. The Hall–Kier alpha value is -2.74. The van der Waals surface area contributed by atoms with Gasteiger partial charge in [-0.2, -0.15) is 0 Å². The van der Waals surface area contributed by atoms with Crippen LogP contribution >= 0.6 is 11.6 Å². The molecule has 1 fully saturated rings. The summed E-state index contributed by atoms with van der Waals surface area (Å²) < 4.78 is 0. The molecule has 1 aromatic carbocycles. The highest BCUT2D eigenvalue weighted by atomic mass is 35.5. The van der Waals surface area contributed by atoms with Crippen LogP contribution in [0.25, 0.3) is 0 Å². The predicted octanol–water partition coefficient (Wildman–Crippen LogP) is 2.00. The molecule has 1 amide bonds. The van der Waals surface area contributed by atoms with E-state index >= 15 is 0 Å². The van der Waals surface area contributed by atoms with Gasteiger partial charge in [0, 0.05) is 50.7 Å². The highest BCUT2D eigenvalue weighted by Crippen LogP contribution is 2.30. The maximum absolute atomic E-state index is 12.3. The summed E-state index contributed by atoms with van der Waals surface area (Å²) in [6.07, 6.45) is 4.45. The minimum atomic E-state index is -0.479. The van der Waals surface area contributed by atoms with Crippen LogP contribution in [-0.2, 0) is 0 Å². The molecule has 1 saturated heterocycles. The molecule has 8 nitrogen and oxygen atoms in total. The summed E-state index contributed by atoms with van der Waals surface area (Å²) in [6, 6.07) is 4.41. The van der Waals surface area contributed by atoms with E-state index in [1.165, 1.54) is 30.7 Å².